The van der Waals surface area contributed by atoms with Gasteiger partial charge in [0.15, 0.2) is 0 Å². The van der Waals surface area contributed by atoms with E-state index >= 15 is 0 Å². The minimum Gasteiger partial charge on any atom is -0.299 e. The predicted octanol–water partition coefficient (Wildman–Crippen LogP) is 1.33. The molecule has 0 aromatic carbocycles. The Labute approximate surface area is 55.3 Å². The van der Waals surface area contributed by atoms with Crippen molar-refractivity contribution >= 4 is 11.6 Å². The van der Waals surface area contributed by atoms with Crippen LogP contribution in [0.15, 0.2) is 0 Å². The number of carbonyl (C=O) groups is 2. The van der Waals surface area contributed by atoms with Crippen molar-refractivity contribution in [1.29, 1.82) is 0 Å². The molecule has 0 bridgehead atoms. The van der Waals surface area contributed by atoms with Crippen LogP contribution < -0.4 is 0 Å². The summed E-state index contributed by atoms with van der Waals surface area (Å²) in [5, 5.41) is 0. The van der Waals surface area contributed by atoms with E-state index in [-0.39, 0.29) is 18.0 Å². The van der Waals surface area contributed by atoms with Gasteiger partial charge in [0.2, 0.25) is 0 Å². The van der Waals surface area contributed by atoms with Crippen LogP contribution in [0.3, 0.4) is 0 Å². The van der Waals surface area contributed by atoms with E-state index in [2.05, 4.69) is 0 Å². The summed E-state index contributed by atoms with van der Waals surface area (Å²) in [6.07, 6.45) is 1.16. The van der Waals surface area contributed by atoms with Crippen molar-refractivity contribution in [2.24, 2.45) is 0 Å². The highest BCUT2D eigenvalue weighted by atomic mass is 16.2. The van der Waals surface area contributed by atoms with Crippen LogP contribution in [-0.2, 0) is 9.59 Å². The van der Waals surface area contributed by atoms with Gasteiger partial charge in [0, 0.05) is 12.8 Å². The number of Topliss-reactive ketones (excluding diaryl/α,β-unsaturated/α-hetero) is 2. The lowest BCUT2D eigenvalue weighted by Gasteiger charge is -1.71. The number of hydrogen-bond acceptors (Lipinski definition) is 2. The largest absolute Gasteiger partial charge is 0.299 e. The summed E-state index contributed by atoms with van der Waals surface area (Å²) in [5.74, 6) is 0.204. The number of carbonyl (C=O) groups excluding carboxylic acids is 2. The zero-order chi connectivity index (χ0) is 7.28. The number of ketones is 2. The molecule has 1 aliphatic carbocycles. The molecular weight excluding hydrogens is 116 g/mol. The van der Waals surface area contributed by atoms with Crippen LogP contribution in [0.2, 0.25) is 0 Å². The minimum atomic E-state index is 0.102. The molecule has 1 aliphatic rings. The van der Waals surface area contributed by atoms with Crippen LogP contribution in [0.5, 0.6) is 0 Å². The molecule has 9 heavy (non-hydrogen) atoms. The lowest BCUT2D eigenvalue weighted by molar-refractivity contribution is -0.121. The van der Waals surface area contributed by atoms with Crippen LogP contribution in [0.1, 0.15) is 33.1 Å². The lowest BCUT2D eigenvalue weighted by atomic mass is 10.3. The highest BCUT2D eigenvalue weighted by Gasteiger charge is 2.17. The van der Waals surface area contributed by atoms with Crippen LogP contribution in [0.4, 0.5) is 0 Å². The number of rotatable bonds is 0. The zero-order valence-electron chi connectivity index (χ0n) is 5.94. The first-order valence-corrected chi connectivity index (χ1v) is 3.32. The van der Waals surface area contributed by atoms with E-state index in [1.807, 2.05) is 13.8 Å². The lowest BCUT2D eigenvalue weighted by Crippen LogP contribution is -1.88. The van der Waals surface area contributed by atoms with Gasteiger partial charge in [0.05, 0.1) is 6.42 Å². The van der Waals surface area contributed by atoms with Gasteiger partial charge in [-0.25, -0.2) is 0 Å². The Morgan fingerprint density at radius 2 is 1.33 bits per heavy atom. The monoisotopic (exact) mass is 128 g/mol. The average Bonchev–Trinajstić information content (AvgIpc) is 2.20. The topological polar surface area (TPSA) is 34.1 Å². The summed E-state index contributed by atoms with van der Waals surface area (Å²) in [4.78, 5) is 20.5. The first-order chi connectivity index (χ1) is 4.29. The Balaban J connectivity index is 0.000000291. The summed E-state index contributed by atoms with van der Waals surface area (Å²) in [7, 11) is 0. The van der Waals surface area contributed by atoms with Gasteiger partial charge in [-0.2, -0.15) is 0 Å². The fourth-order valence-corrected chi connectivity index (χ4v) is 0.676. The van der Waals surface area contributed by atoms with Gasteiger partial charge in [-0.3, -0.25) is 9.59 Å². The second kappa shape index (κ2) is 4.24. The fourth-order valence-electron chi connectivity index (χ4n) is 0.676. The third kappa shape index (κ3) is 3.01. The van der Waals surface area contributed by atoms with Gasteiger partial charge in [-0.05, 0) is 0 Å². The van der Waals surface area contributed by atoms with E-state index in [4.69, 9.17) is 0 Å². The molecule has 0 N–H and O–H groups in total. The molecule has 1 saturated carbocycles. The molecule has 0 aromatic heterocycles. The van der Waals surface area contributed by atoms with Gasteiger partial charge >= 0.3 is 0 Å². The van der Waals surface area contributed by atoms with Crippen LogP contribution in [0, 0.1) is 0 Å². The quantitative estimate of drug-likeness (QED) is 0.461. The van der Waals surface area contributed by atoms with E-state index in [1.54, 1.807) is 0 Å². The van der Waals surface area contributed by atoms with E-state index in [0.29, 0.717) is 12.8 Å². The second-order valence-corrected chi connectivity index (χ2v) is 1.75. The highest BCUT2D eigenvalue weighted by Crippen LogP contribution is 2.07. The highest BCUT2D eigenvalue weighted by molar-refractivity contribution is 6.05. The number of hydrogen-bond donors (Lipinski definition) is 0. The first kappa shape index (κ1) is 8.34. The molecule has 0 aromatic rings. The summed E-state index contributed by atoms with van der Waals surface area (Å²) in [5.41, 5.74) is 0. The van der Waals surface area contributed by atoms with Crippen molar-refractivity contribution in [3.05, 3.63) is 0 Å². The van der Waals surface area contributed by atoms with Crippen molar-refractivity contribution in [2.75, 3.05) is 0 Å². The third-order valence-electron chi connectivity index (χ3n) is 1.08. The molecule has 2 nitrogen and oxygen atoms in total. The van der Waals surface area contributed by atoms with E-state index in [1.165, 1.54) is 0 Å². The van der Waals surface area contributed by atoms with Gasteiger partial charge in [-0.1, -0.05) is 13.8 Å². The Hall–Kier alpha value is -0.660. The first-order valence-electron chi connectivity index (χ1n) is 3.32. The molecule has 0 amide bonds. The van der Waals surface area contributed by atoms with Gasteiger partial charge < -0.3 is 0 Å². The SMILES string of the molecule is CC.O=C1CCC(=O)C1. The third-order valence-corrected chi connectivity index (χ3v) is 1.08. The van der Waals surface area contributed by atoms with E-state index < -0.39 is 0 Å². The van der Waals surface area contributed by atoms with Gasteiger partial charge in [0.1, 0.15) is 11.6 Å². The molecule has 0 aliphatic heterocycles. The maximum atomic E-state index is 10.2. The van der Waals surface area contributed by atoms with Crippen molar-refractivity contribution in [2.45, 2.75) is 33.1 Å². The Morgan fingerprint density at radius 1 is 1.00 bits per heavy atom. The van der Waals surface area contributed by atoms with Crippen molar-refractivity contribution in [3.63, 3.8) is 0 Å². The average molecular weight is 128 g/mol. The summed E-state index contributed by atoms with van der Waals surface area (Å²) < 4.78 is 0. The van der Waals surface area contributed by atoms with Gasteiger partial charge in [0.25, 0.3) is 0 Å². The smallest absolute Gasteiger partial charge is 0.140 e. The molecule has 0 atom stereocenters. The predicted molar refractivity (Wildman–Crippen MR) is 35.2 cm³/mol. The normalized spacial score (nSPS) is 17.1. The second-order valence-electron chi connectivity index (χ2n) is 1.75. The van der Waals surface area contributed by atoms with E-state index in [0.717, 1.165) is 0 Å². The maximum Gasteiger partial charge on any atom is 0.140 e. The molecule has 1 fully saturated rings. The molecular formula is C7H12O2. The van der Waals surface area contributed by atoms with E-state index in [9.17, 15) is 9.59 Å². The molecule has 0 radical (unpaired) electrons. The van der Waals surface area contributed by atoms with Crippen molar-refractivity contribution in [1.82, 2.24) is 0 Å². The molecule has 0 spiro atoms. The molecule has 0 unspecified atom stereocenters. The molecule has 0 saturated heterocycles. The Kier molecular flexibility index (Phi) is 3.93. The Morgan fingerprint density at radius 3 is 1.44 bits per heavy atom. The maximum absolute atomic E-state index is 10.2. The summed E-state index contributed by atoms with van der Waals surface area (Å²) in [6.45, 7) is 4.00. The molecule has 1 rings (SSSR count). The zero-order valence-corrected chi connectivity index (χ0v) is 5.94. The van der Waals surface area contributed by atoms with Crippen LogP contribution >= 0.6 is 0 Å². The minimum absolute atomic E-state index is 0.102. The van der Waals surface area contributed by atoms with Crippen molar-refractivity contribution in [3.8, 4) is 0 Å². The summed E-state index contributed by atoms with van der Waals surface area (Å²) in [6, 6.07) is 0. The summed E-state index contributed by atoms with van der Waals surface area (Å²) >= 11 is 0. The molecule has 0 heterocycles. The Bertz CT molecular complexity index is 102. The fraction of sp³-hybridized carbons (Fsp3) is 0.714. The van der Waals surface area contributed by atoms with Crippen LogP contribution in [-0.4, -0.2) is 11.6 Å². The van der Waals surface area contributed by atoms with Crippen molar-refractivity contribution < 1.29 is 9.59 Å². The standard InChI is InChI=1S/C5H6O2.C2H6/c6-4-1-2-5(7)3-4;1-2/h1-3H2;1-2H3. The van der Waals surface area contributed by atoms with Crippen LogP contribution in [0.25, 0.3) is 0 Å². The molecule has 52 valence electrons. The molecule has 2 heteroatoms. The van der Waals surface area contributed by atoms with Gasteiger partial charge in [-0.15, -0.1) is 0 Å².